The number of rotatable bonds is 5. The maximum Gasteiger partial charge on any atom is 0.187 e. The van der Waals surface area contributed by atoms with Crippen LogP contribution < -0.4 is 20.2 Å². The molecule has 1 fully saturated rings. The number of hydrazone groups is 1. The molecule has 0 unspecified atom stereocenters. The topological polar surface area (TPSA) is 54.9 Å². The van der Waals surface area contributed by atoms with Gasteiger partial charge in [-0.15, -0.1) is 0 Å². The van der Waals surface area contributed by atoms with Crippen molar-refractivity contribution in [3.05, 3.63) is 22.7 Å². The summed E-state index contributed by atoms with van der Waals surface area (Å²) in [4.78, 5) is 0. The van der Waals surface area contributed by atoms with E-state index in [0.717, 1.165) is 18.4 Å². The maximum absolute atomic E-state index is 6.29. The molecule has 0 bridgehead atoms. The fourth-order valence-electron chi connectivity index (χ4n) is 2.63. The molecular formula is C16H22ClN3O2S. The Hall–Kier alpha value is -1.53. The van der Waals surface area contributed by atoms with Gasteiger partial charge in [-0.05, 0) is 37.2 Å². The zero-order valence-corrected chi connectivity index (χ0v) is 15.0. The van der Waals surface area contributed by atoms with E-state index in [2.05, 4.69) is 15.8 Å². The molecule has 2 rings (SSSR count). The van der Waals surface area contributed by atoms with Crippen LogP contribution >= 0.6 is 23.8 Å². The maximum atomic E-state index is 6.29. The Labute approximate surface area is 147 Å². The first-order valence-corrected chi connectivity index (χ1v) is 8.44. The molecule has 0 amide bonds. The minimum Gasteiger partial charge on any atom is -0.493 e. The fourth-order valence-corrected chi connectivity index (χ4v) is 3.13. The molecule has 1 aliphatic carbocycles. The van der Waals surface area contributed by atoms with Crippen LogP contribution in [0.2, 0.25) is 5.02 Å². The Balaban J connectivity index is 1.93. The predicted molar refractivity (Wildman–Crippen MR) is 97.9 cm³/mol. The van der Waals surface area contributed by atoms with Gasteiger partial charge in [-0.25, -0.2) is 0 Å². The number of halogens is 1. The van der Waals surface area contributed by atoms with Gasteiger partial charge in [0.25, 0.3) is 0 Å². The van der Waals surface area contributed by atoms with E-state index in [0.29, 0.717) is 27.7 Å². The van der Waals surface area contributed by atoms with E-state index in [4.69, 9.17) is 33.3 Å². The highest BCUT2D eigenvalue weighted by Crippen LogP contribution is 2.36. The molecule has 23 heavy (non-hydrogen) atoms. The SMILES string of the molecule is COc1ccc(/C=N\NC(=S)NC2CCCCC2)c(Cl)c1OC. The Morgan fingerprint density at radius 1 is 1.26 bits per heavy atom. The minimum absolute atomic E-state index is 0.448. The Bertz CT molecular complexity index is 575. The average Bonchev–Trinajstić information content (AvgIpc) is 2.57. The second kappa shape index (κ2) is 8.93. The average molecular weight is 356 g/mol. The van der Waals surface area contributed by atoms with Crippen molar-refractivity contribution in [3.63, 3.8) is 0 Å². The third-order valence-electron chi connectivity index (χ3n) is 3.83. The summed E-state index contributed by atoms with van der Waals surface area (Å²) in [6.07, 6.45) is 7.75. The van der Waals surface area contributed by atoms with Crippen molar-refractivity contribution < 1.29 is 9.47 Å². The molecule has 0 aromatic heterocycles. The standard InChI is InChI=1S/C16H22ClN3O2S/c1-21-13-9-8-11(14(17)15(13)22-2)10-18-20-16(23)19-12-6-4-3-5-7-12/h8-10,12H,3-7H2,1-2H3,(H2,19,20,23)/b18-10-. The highest BCUT2D eigenvalue weighted by molar-refractivity contribution is 7.80. The van der Waals surface area contributed by atoms with Crippen LogP contribution in [0.15, 0.2) is 17.2 Å². The van der Waals surface area contributed by atoms with Crippen LogP contribution in [0.4, 0.5) is 0 Å². The summed E-state index contributed by atoms with van der Waals surface area (Å²) in [7, 11) is 3.12. The molecule has 0 heterocycles. The predicted octanol–water partition coefficient (Wildman–Crippen LogP) is 3.49. The zero-order chi connectivity index (χ0) is 16.7. The van der Waals surface area contributed by atoms with E-state index in [-0.39, 0.29) is 0 Å². The van der Waals surface area contributed by atoms with Crippen molar-refractivity contribution in [1.82, 2.24) is 10.7 Å². The van der Waals surface area contributed by atoms with E-state index >= 15 is 0 Å². The molecule has 5 nitrogen and oxygen atoms in total. The monoisotopic (exact) mass is 355 g/mol. The zero-order valence-electron chi connectivity index (χ0n) is 13.4. The largest absolute Gasteiger partial charge is 0.493 e. The summed E-state index contributed by atoms with van der Waals surface area (Å²) >= 11 is 11.5. The number of nitrogens with one attached hydrogen (secondary N) is 2. The van der Waals surface area contributed by atoms with Gasteiger partial charge in [0.1, 0.15) is 0 Å². The number of nitrogens with zero attached hydrogens (tertiary/aromatic N) is 1. The quantitative estimate of drug-likeness (QED) is 0.481. The lowest BCUT2D eigenvalue weighted by Gasteiger charge is -2.23. The lowest BCUT2D eigenvalue weighted by Crippen LogP contribution is -2.40. The van der Waals surface area contributed by atoms with Crippen LogP contribution in [0.5, 0.6) is 11.5 Å². The van der Waals surface area contributed by atoms with E-state index in [1.807, 2.05) is 6.07 Å². The summed E-state index contributed by atoms with van der Waals surface area (Å²) in [5.41, 5.74) is 3.55. The third-order valence-corrected chi connectivity index (χ3v) is 4.42. The molecule has 0 saturated heterocycles. The fraction of sp³-hybridized carbons (Fsp3) is 0.500. The van der Waals surface area contributed by atoms with Crippen molar-refractivity contribution in [2.24, 2.45) is 5.10 Å². The van der Waals surface area contributed by atoms with Crippen LogP contribution in [0, 0.1) is 0 Å². The lowest BCUT2D eigenvalue weighted by atomic mass is 9.96. The number of hydrogen-bond acceptors (Lipinski definition) is 4. The molecule has 0 spiro atoms. The summed E-state index contributed by atoms with van der Waals surface area (Å²) in [5.74, 6) is 1.07. The first-order chi connectivity index (χ1) is 11.2. The van der Waals surface area contributed by atoms with E-state index in [1.54, 1.807) is 26.5 Å². The smallest absolute Gasteiger partial charge is 0.187 e. The van der Waals surface area contributed by atoms with Gasteiger partial charge < -0.3 is 14.8 Å². The summed E-state index contributed by atoms with van der Waals surface area (Å²) < 4.78 is 10.5. The Morgan fingerprint density at radius 2 is 2.00 bits per heavy atom. The van der Waals surface area contributed by atoms with Gasteiger partial charge in [-0.2, -0.15) is 5.10 Å². The highest BCUT2D eigenvalue weighted by Gasteiger charge is 2.14. The first kappa shape index (κ1) is 17.8. The van der Waals surface area contributed by atoms with E-state index < -0.39 is 0 Å². The second-order valence-corrected chi connectivity index (χ2v) is 6.17. The number of methoxy groups -OCH3 is 2. The molecular weight excluding hydrogens is 334 g/mol. The summed E-state index contributed by atoms with van der Waals surface area (Å²) in [6.45, 7) is 0. The van der Waals surface area contributed by atoms with Crippen LogP contribution in [0.25, 0.3) is 0 Å². The van der Waals surface area contributed by atoms with Crippen molar-refractivity contribution in [2.45, 2.75) is 38.1 Å². The normalized spacial score (nSPS) is 15.4. The van der Waals surface area contributed by atoms with Crippen LogP contribution in [0.3, 0.4) is 0 Å². The van der Waals surface area contributed by atoms with Crippen LogP contribution in [-0.4, -0.2) is 31.6 Å². The molecule has 0 atom stereocenters. The second-order valence-electron chi connectivity index (χ2n) is 5.38. The molecule has 1 saturated carbocycles. The van der Waals surface area contributed by atoms with Gasteiger partial charge in [0, 0.05) is 11.6 Å². The van der Waals surface area contributed by atoms with Crippen molar-refractivity contribution in [1.29, 1.82) is 0 Å². The van der Waals surface area contributed by atoms with Gasteiger partial charge in [0.05, 0.1) is 25.5 Å². The number of thiocarbonyl (C=S) groups is 1. The Kier molecular flexibility index (Phi) is 6.92. The summed E-state index contributed by atoms with van der Waals surface area (Å²) in [6, 6.07) is 4.04. The van der Waals surface area contributed by atoms with Gasteiger partial charge in [0.2, 0.25) is 0 Å². The highest BCUT2D eigenvalue weighted by atomic mass is 35.5. The van der Waals surface area contributed by atoms with Gasteiger partial charge >= 0.3 is 0 Å². The molecule has 1 aromatic rings. The van der Waals surface area contributed by atoms with Gasteiger partial charge in [-0.1, -0.05) is 30.9 Å². The third kappa shape index (κ3) is 4.97. The molecule has 0 aliphatic heterocycles. The van der Waals surface area contributed by atoms with Crippen molar-refractivity contribution in [2.75, 3.05) is 14.2 Å². The molecule has 126 valence electrons. The minimum atomic E-state index is 0.448. The lowest BCUT2D eigenvalue weighted by molar-refractivity contribution is 0.355. The van der Waals surface area contributed by atoms with Crippen molar-refractivity contribution in [3.8, 4) is 11.5 Å². The molecule has 2 N–H and O–H groups in total. The Morgan fingerprint density at radius 3 is 2.65 bits per heavy atom. The molecule has 1 aromatic carbocycles. The number of ether oxygens (including phenoxy) is 2. The van der Waals surface area contributed by atoms with Crippen LogP contribution in [-0.2, 0) is 0 Å². The molecule has 7 heteroatoms. The van der Waals surface area contributed by atoms with Crippen molar-refractivity contribution >= 4 is 35.1 Å². The molecule has 0 radical (unpaired) electrons. The van der Waals surface area contributed by atoms with Gasteiger partial charge in [-0.3, -0.25) is 5.43 Å². The first-order valence-electron chi connectivity index (χ1n) is 7.65. The van der Waals surface area contributed by atoms with Gasteiger partial charge in [0.15, 0.2) is 16.6 Å². The summed E-state index contributed by atoms with van der Waals surface area (Å²) in [5, 5.41) is 8.41. The van der Waals surface area contributed by atoms with E-state index in [9.17, 15) is 0 Å². The van der Waals surface area contributed by atoms with Crippen LogP contribution in [0.1, 0.15) is 37.7 Å². The number of benzene rings is 1. The molecule has 1 aliphatic rings. The number of hydrogen-bond donors (Lipinski definition) is 2. The van der Waals surface area contributed by atoms with E-state index in [1.165, 1.54) is 19.3 Å².